The Kier molecular flexibility index (Phi) is 7.44. The van der Waals surface area contributed by atoms with Gasteiger partial charge >= 0.3 is 12.0 Å². The molecular weight excluding hydrogens is 336 g/mol. The fraction of sp³-hybridized carbons (Fsp3) is 0.722. The number of carbonyl (C=O) groups is 2. The number of nitrogens with one attached hydrogen (secondary N) is 2. The van der Waals surface area contributed by atoms with Gasteiger partial charge in [-0.1, -0.05) is 25.9 Å². The molecule has 8 heteroatoms. The molecular formula is C18H30N4O4. The van der Waals surface area contributed by atoms with Crippen LogP contribution in [0.25, 0.3) is 0 Å². The first-order chi connectivity index (χ1) is 12.5. The van der Waals surface area contributed by atoms with E-state index in [-0.39, 0.29) is 24.7 Å². The van der Waals surface area contributed by atoms with Gasteiger partial charge in [0.15, 0.2) is 5.76 Å². The molecule has 0 saturated heterocycles. The third-order valence-corrected chi connectivity index (χ3v) is 5.11. The van der Waals surface area contributed by atoms with Gasteiger partial charge < -0.3 is 20.3 Å². The van der Waals surface area contributed by atoms with Crippen molar-refractivity contribution in [2.24, 2.45) is 0 Å². The number of likely N-dealkylation sites (N-methyl/N-ethyl adjacent to an activating group) is 1. The van der Waals surface area contributed by atoms with Gasteiger partial charge in [-0.15, -0.1) is 0 Å². The average molecular weight is 366 g/mol. The molecule has 1 saturated carbocycles. The fourth-order valence-electron chi connectivity index (χ4n) is 3.39. The van der Waals surface area contributed by atoms with E-state index in [9.17, 15) is 9.59 Å². The molecule has 0 spiro atoms. The van der Waals surface area contributed by atoms with E-state index in [0.717, 1.165) is 31.4 Å². The minimum atomic E-state index is -0.819. The standard InChI is InChI=1S/C18H30N4O4/c1-4-12(5-2)16-9-15(26-21-16)10-19-18(25)20-13-7-14(8-13)22(6-3)11-17(23)24/h9,12-14H,4-8,10-11H2,1-3H3,(H,23,24)(H2,19,20,25). The van der Waals surface area contributed by atoms with Crippen molar-refractivity contribution in [3.8, 4) is 0 Å². The maximum Gasteiger partial charge on any atom is 0.317 e. The van der Waals surface area contributed by atoms with Crippen LogP contribution in [0.4, 0.5) is 4.79 Å². The fourth-order valence-corrected chi connectivity index (χ4v) is 3.39. The van der Waals surface area contributed by atoms with Crippen LogP contribution in [0.3, 0.4) is 0 Å². The monoisotopic (exact) mass is 366 g/mol. The first kappa shape index (κ1) is 20.2. The molecule has 0 unspecified atom stereocenters. The predicted octanol–water partition coefficient (Wildman–Crippen LogP) is 2.31. The first-order valence-electron chi connectivity index (χ1n) is 9.42. The van der Waals surface area contributed by atoms with Crippen LogP contribution in [0.2, 0.25) is 0 Å². The molecule has 1 aromatic heterocycles. The number of urea groups is 1. The highest BCUT2D eigenvalue weighted by Crippen LogP contribution is 2.25. The Morgan fingerprint density at radius 2 is 2.04 bits per heavy atom. The smallest absolute Gasteiger partial charge is 0.317 e. The van der Waals surface area contributed by atoms with Crippen LogP contribution in [0.1, 0.15) is 63.8 Å². The topological polar surface area (TPSA) is 108 Å². The Bertz CT molecular complexity index is 594. The van der Waals surface area contributed by atoms with E-state index in [1.165, 1.54) is 0 Å². The Hall–Kier alpha value is -2.09. The number of carboxylic acid groups (broad SMARTS) is 1. The number of carboxylic acids is 1. The lowest BCUT2D eigenvalue weighted by atomic mass is 9.85. The zero-order valence-electron chi connectivity index (χ0n) is 15.8. The van der Waals surface area contributed by atoms with Gasteiger partial charge in [-0.3, -0.25) is 9.69 Å². The molecule has 1 aromatic rings. The third kappa shape index (κ3) is 5.45. The molecule has 2 rings (SSSR count). The zero-order chi connectivity index (χ0) is 19.1. The largest absolute Gasteiger partial charge is 0.480 e. The van der Waals surface area contributed by atoms with Crippen molar-refractivity contribution in [3.05, 3.63) is 17.5 Å². The summed E-state index contributed by atoms with van der Waals surface area (Å²) < 4.78 is 5.29. The summed E-state index contributed by atoms with van der Waals surface area (Å²) in [5.41, 5.74) is 0.937. The molecule has 1 aliphatic carbocycles. The van der Waals surface area contributed by atoms with Crippen molar-refractivity contribution in [2.45, 2.75) is 71.0 Å². The van der Waals surface area contributed by atoms with Crippen LogP contribution in [0.5, 0.6) is 0 Å². The average Bonchev–Trinajstić information content (AvgIpc) is 3.04. The summed E-state index contributed by atoms with van der Waals surface area (Å²) in [5.74, 6) is 0.216. The van der Waals surface area contributed by atoms with Crippen molar-refractivity contribution in [1.82, 2.24) is 20.7 Å². The molecule has 26 heavy (non-hydrogen) atoms. The highest BCUT2D eigenvalue weighted by atomic mass is 16.5. The number of hydrogen-bond donors (Lipinski definition) is 3. The quantitative estimate of drug-likeness (QED) is 0.586. The third-order valence-electron chi connectivity index (χ3n) is 5.11. The summed E-state index contributed by atoms with van der Waals surface area (Å²) in [5, 5.41) is 18.7. The molecule has 2 amide bonds. The number of nitrogens with zero attached hydrogens (tertiary/aromatic N) is 2. The normalized spacial score (nSPS) is 19.4. The van der Waals surface area contributed by atoms with E-state index in [4.69, 9.17) is 9.63 Å². The van der Waals surface area contributed by atoms with E-state index in [1.54, 1.807) is 0 Å². The van der Waals surface area contributed by atoms with Crippen molar-refractivity contribution < 1.29 is 19.2 Å². The van der Waals surface area contributed by atoms with Crippen LogP contribution in [-0.2, 0) is 11.3 Å². The summed E-state index contributed by atoms with van der Waals surface area (Å²) >= 11 is 0. The Labute approximate surface area is 154 Å². The summed E-state index contributed by atoms with van der Waals surface area (Å²) in [4.78, 5) is 24.8. The van der Waals surface area contributed by atoms with Crippen LogP contribution in [0.15, 0.2) is 10.6 Å². The molecule has 3 N–H and O–H groups in total. The molecule has 1 heterocycles. The molecule has 0 radical (unpaired) electrons. The Morgan fingerprint density at radius 3 is 2.62 bits per heavy atom. The van der Waals surface area contributed by atoms with Crippen LogP contribution < -0.4 is 10.6 Å². The van der Waals surface area contributed by atoms with Crippen molar-refractivity contribution >= 4 is 12.0 Å². The van der Waals surface area contributed by atoms with Crippen molar-refractivity contribution in [1.29, 1.82) is 0 Å². The minimum absolute atomic E-state index is 0.0461. The van der Waals surface area contributed by atoms with Gasteiger partial charge in [0.25, 0.3) is 0 Å². The predicted molar refractivity (Wildman–Crippen MR) is 96.9 cm³/mol. The number of rotatable bonds is 10. The van der Waals surface area contributed by atoms with Gasteiger partial charge in [-0.25, -0.2) is 4.79 Å². The lowest BCUT2D eigenvalue weighted by Gasteiger charge is -2.42. The van der Waals surface area contributed by atoms with Gasteiger partial charge in [0.05, 0.1) is 18.8 Å². The Morgan fingerprint density at radius 1 is 1.35 bits per heavy atom. The second-order valence-corrected chi connectivity index (χ2v) is 6.84. The van der Waals surface area contributed by atoms with Crippen molar-refractivity contribution in [2.75, 3.05) is 13.1 Å². The van der Waals surface area contributed by atoms with Gasteiger partial charge in [0.1, 0.15) is 0 Å². The summed E-state index contributed by atoms with van der Waals surface area (Å²) in [6, 6.07) is 1.97. The number of hydrogen-bond acceptors (Lipinski definition) is 5. The lowest BCUT2D eigenvalue weighted by molar-refractivity contribution is -0.139. The van der Waals surface area contributed by atoms with E-state index in [1.807, 2.05) is 17.9 Å². The van der Waals surface area contributed by atoms with Gasteiger partial charge in [0, 0.05) is 24.1 Å². The number of amides is 2. The van der Waals surface area contributed by atoms with Crippen molar-refractivity contribution in [3.63, 3.8) is 0 Å². The minimum Gasteiger partial charge on any atom is -0.480 e. The maximum absolute atomic E-state index is 12.0. The number of aromatic nitrogens is 1. The number of aliphatic carboxylic acids is 1. The van der Waals surface area contributed by atoms with Crippen LogP contribution in [-0.4, -0.2) is 52.3 Å². The van der Waals surface area contributed by atoms with Crippen LogP contribution >= 0.6 is 0 Å². The molecule has 0 bridgehead atoms. The SMILES string of the molecule is CCC(CC)c1cc(CNC(=O)NC2CC(N(CC)CC(=O)O)C2)on1. The molecule has 0 aliphatic heterocycles. The molecule has 1 aliphatic rings. The molecule has 146 valence electrons. The molecule has 0 aromatic carbocycles. The maximum atomic E-state index is 12.0. The number of carbonyl (C=O) groups excluding carboxylic acids is 1. The lowest BCUT2D eigenvalue weighted by Crippen LogP contribution is -2.56. The first-order valence-corrected chi connectivity index (χ1v) is 9.42. The van der Waals surface area contributed by atoms with Gasteiger partial charge in [0.2, 0.25) is 0 Å². The summed E-state index contributed by atoms with van der Waals surface area (Å²) in [6.45, 7) is 7.23. The van der Waals surface area contributed by atoms with E-state index in [0.29, 0.717) is 24.8 Å². The second kappa shape index (κ2) is 9.56. The van der Waals surface area contributed by atoms with Crippen LogP contribution in [0, 0.1) is 0 Å². The molecule has 8 nitrogen and oxygen atoms in total. The van der Waals surface area contributed by atoms with E-state index < -0.39 is 5.97 Å². The molecule has 0 atom stereocenters. The second-order valence-electron chi connectivity index (χ2n) is 6.84. The zero-order valence-corrected chi connectivity index (χ0v) is 15.8. The summed E-state index contributed by atoms with van der Waals surface area (Å²) in [6.07, 6.45) is 3.57. The van der Waals surface area contributed by atoms with E-state index >= 15 is 0 Å². The van der Waals surface area contributed by atoms with Gasteiger partial charge in [-0.2, -0.15) is 0 Å². The molecule has 1 fully saturated rings. The highest BCUT2D eigenvalue weighted by Gasteiger charge is 2.34. The van der Waals surface area contributed by atoms with Gasteiger partial charge in [-0.05, 0) is 32.2 Å². The Balaban J connectivity index is 1.70. The highest BCUT2D eigenvalue weighted by molar-refractivity contribution is 5.74. The summed E-state index contributed by atoms with van der Waals surface area (Å²) in [7, 11) is 0. The van der Waals surface area contributed by atoms with E-state index in [2.05, 4.69) is 29.6 Å².